The molecular formula is C10H17F3N2O. The van der Waals surface area contributed by atoms with Gasteiger partial charge in [-0.3, -0.25) is 11.3 Å². The molecule has 2 fully saturated rings. The first-order valence-corrected chi connectivity index (χ1v) is 5.68. The number of nitrogens with two attached hydrogens (primary N) is 1. The second-order valence-electron chi connectivity index (χ2n) is 4.70. The van der Waals surface area contributed by atoms with Gasteiger partial charge < -0.3 is 4.74 Å². The fourth-order valence-electron chi connectivity index (χ4n) is 2.84. The third-order valence-electron chi connectivity index (χ3n) is 3.62. The maximum atomic E-state index is 12.1. The third-order valence-corrected chi connectivity index (χ3v) is 3.62. The summed E-state index contributed by atoms with van der Waals surface area (Å²) in [4.78, 5) is 0. The van der Waals surface area contributed by atoms with Crippen LogP contribution in [-0.2, 0) is 4.74 Å². The first kappa shape index (κ1) is 12.1. The number of nitrogens with one attached hydrogen (secondary N) is 1. The molecule has 2 aliphatic rings. The number of hydrazine groups is 1. The van der Waals surface area contributed by atoms with E-state index in [1.807, 2.05) is 0 Å². The Labute approximate surface area is 92.5 Å². The highest BCUT2D eigenvalue weighted by molar-refractivity contribution is 4.94. The van der Waals surface area contributed by atoms with Crippen molar-refractivity contribution in [3.63, 3.8) is 0 Å². The lowest BCUT2D eigenvalue weighted by Gasteiger charge is -2.28. The summed E-state index contributed by atoms with van der Waals surface area (Å²) in [6.45, 7) is 0. The molecule has 2 bridgehead atoms. The zero-order chi connectivity index (χ0) is 11.8. The molecule has 4 unspecified atom stereocenters. The van der Waals surface area contributed by atoms with E-state index in [2.05, 4.69) is 5.43 Å². The largest absolute Gasteiger partial charge is 0.389 e. The van der Waals surface area contributed by atoms with Crippen molar-refractivity contribution in [1.82, 2.24) is 5.43 Å². The fourth-order valence-corrected chi connectivity index (χ4v) is 2.84. The Morgan fingerprint density at radius 2 is 2.12 bits per heavy atom. The van der Waals surface area contributed by atoms with Crippen LogP contribution in [0.3, 0.4) is 0 Å². The van der Waals surface area contributed by atoms with E-state index in [0.717, 1.165) is 19.3 Å². The van der Waals surface area contributed by atoms with Gasteiger partial charge in [-0.1, -0.05) is 0 Å². The second kappa shape index (κ2) is 4.50. The van der Waals surface area contributed by atoms with Crippen molar-refractivity contribution >= 4 is 0 Å². The minimum atomic E-state index is -4.10. The summed E-state index contributed by atoms with van der Waals surface area (Å²) in [6, 6.07) is -0.281. The molecular weight excluding hydrogens is 221 g/mol. The predicted octanol–water partition coefficient (Wildman–Crippen LogP) is 1.73. The van der Waals surface area contributed by atoms with Gasteiger partial charge in [0.15, 0.2) is 0 Å². The van der Waals surface area contributed by atoms with Crippen molar-refractivity contribution < 1.29 is 17.9 Å². The molecule has 0 saturated carbocycles. The zero-order valence-corrected chi connectivity index (χ0v) is 8.96. The van der Waals surface area contributed by atoms with E-state index in [-0.39, 0.29) is 30.6 Å². The molecule has 2 heterocycles. The Hall–Kier alpha value is -0.330. The number of hydrogen-bond donors (Lipinski definition) is 2. The van der Waals surface area contributed by atoms with Crippen molar-refractivity contribution in [1.29, 1.82) is 0 Å². The van der Waals surface area contributed by atoms with E-state index in [1.54, 1.807) is 0 Å². The van der Waals surface area contributed by atoms with Crippen LogP contribution in [0.4, 0.5) is 13.2 Å². The normalized spacial score (nSPS) is 35.6. The highest BCUT2D eigenvalue weighted by Crippen LogP contribution is 2.41. The highest BCUT2D eigenvalue weighted by atomic mass is 19.4. The number of fused-ring (bicyclic) bond motifs is 2. The summed E-state index contributed by atoms with van der Waals surface area (Å²) in [7, 11) is 0. The van der Waals surface area contributed by atoms with Crippen molar-refractivity contribution in [2.24, 2.45) is 11.8 Å². The molecule has 0 aromatic heterocycles. The number of halogens is 3. The molecule has 0 aliphatic carbocycles. The lowest BCUT2D eigenvalue weighted by molar-refractivity contribution is -0.137. The molecule has 0 amide bonds. The smallest absolute Gasteiger partial charge is 0.375 e. The highest BCUT2D eigenvalue weighted by Gasteiger charge is 2.44. The van der Waals surface area contributed by atoms with E-state index in [9.17, 15) is 13.2 Å². The van der Waals surface area contributed by atoms with Crippen LogP contribution in [0.15, 0.2) is 0 Å². The number of ether oxygens (including phenoxy) is 1. The summed E-state index contributed by atoms with van der Waals surface area (Å²) in [5, 5.41) is 0. The van der Waals surface area contributed by atoms with Crippen molar-refractivity contribution in [3.05, 3.63) is 0 Å². The van der Waals surface area contributed by atoms with Gasteiger partial charge in [-0.2, -0.15) is 13.2 Å². The molecule has 2 aliphatic heterocycles. The molecule has 0 aromatic carbocycles. The molecule has 2 rings (SSSR count). The topological polar surface area (TPSA) is 47.3 Å². The van der Waals surface area contributed by atoms with E-state index in [1.165, 1.54) is 0 Å². The Balaban J connectivity index is 1.86. The van der Waals surface area contributed by atoms with Crippen molar-refractivity contribution in [3.8, 4) is 0 Å². The third kappa shape index (κ3) is 2.67. The molecule has 16 heavy (non-hydrogen) atoms. The summed E-state index contributed by atoms with van der Waals surface area (Å²) < 4.78 is 42.0. The van der Waals surface area contributed by atoms with Crippen molar-refractivity contribution in [2.45, 2.75) is 56.5 Å². The fraction of sp³-hybridized carbons (Fsp3) is 1.00. The standard InChI is InChI=1S/C10H17F3N2O/c11-10(12,13)4-3-8(15-14)7-5-6-1-2-9(7)16-6/h6-9,15H,1-5,14H2. The quantitative estimate of drug-likeness (QED) is 0.579. The van der Waals surface area contributed by atoms with Gasteiger partial charge in [0.1, 0.15) is 0 Å². The van der Waals surface area contributed by atoms with Crippen LogP contribution >= 0.6 is 0 Å². The van der Waals surface area contributed by atoms with Gasteiger partial charge in [-0.15, -0.1) is 0 Å². The van der Waals surface area contributed by atoms with E-state index >= 15 is 0 Å². The lowest BCUT2D eigenvalue weighted by atomic mass is 9.82. The SMILES string of the molecule is NNC(CCC(F)(F)F)C1CC2CCC1O2. The van der Waals surface area contributed by atoms with Crippen molar-refractivity contribution in [2.75, 3.05) is 0 Å². The average Bonchev–Trinajstić information content (AvgIpc) is 2.78. The zero-order valence-electron chi connectivity index (χ0n) is 8.96. The summed E-state index contributed by atoms with van der Waals surface area (Å²) in [5.74, 6) is 5.49. The molecule has 4 atom stereocenters. The lowest BCUT2D eigenvalue weighted by Crippen LogP contribution is -2.44. The Morgan fingerprint density at radius 3 is 2.56 bits per heavy atom. The average molecular weight is 238 g/mol. The molecule has 2 saturated heterocycles. The molecule has 6 heteroatoms. The first-order chi connectivity index (χ1) is 7.49. The van der Waals surface area contributed by atoms with Crippen LogP contribution < -0.4 is 11.3 Å². The summed E-state index contributed by atoms with van der Waals surface area (Å²) in [6.07, 6.45) is -1.65. The Bertz CT molecular complexity index is 247. The van der Waals surface area contributed by atoms with Gasteiger partial charge in [0.2, 0.25) is 0 Å². The number of rotatable bonds is 4. The predicted molar refractivity (Wildman–Crippen MR) is 52.4 cm³/mol. The van der Waals surface area contributed by atoms with Gasteiger partial charge in [-0.05, 0) is 25.7 Å². The maximum absolute atomic E-state index is 12.1. The Kier molecular flexibility index (Phi) is 3.42. The number of alkyl halides is 3. The van der Waals surface area contributed by atoms with Gasteiger partial charge in [0.05, 0.1) is 12.2 Å². The molecule has 0 aromatic rings. The van der Waals surface area contributed by atoms with Crippen LogP contribution in [0.25, 0.3) is 0 Å². The molecule has 3 nitrogen and oxygen atoms in total. The van der Waals surface area contributed by atoms with E-state index in [4.69, 9.17) is 10.6 Å². The molecule has 0 radical (unpaired) electrons. The minimum absolute atomic E-state index is 0.0389. The summed E-state index contributed by atoms with van der Waals surface area (Å²) in [5.41, 5.74) is 2.52. The Morgan fingerprint density at radius 1 is 1.38 bits per heavy atom. The maximum Gasteiger partial charge on any atom is 0.389 e. The van der Waals surface area contributed by atoms with Crippen LogP contribution in [0.2, 0.25) is 0 Å². The van der Waals surface area contributed by atoms with Gasteiger partial charge >= 0.3 is 6.18 Å². The van der Waals surface area contributed by atoms with Crippen LogP contribution in [-0.4, -0.2) is 24.4 Å². The van der Waals surface area contributed by atoms with Gasteiger partial charge in [0.25, 0.3) is 0 Å². The number of hydrogen-bond acceptors (Lipinski definition) is 3. The minimum Gasteiger partial charge on any atom is -0.375 e. The van der Waals surface area contributed by atoms with Gasteiger partial charge in [0, 0.05) is 18.4 Å². The summed E-state index contributed by atoms with van der Waals surface area (Å²) >= 11 is 0. The van der Waals surface area contributed by atoms with E-state index < -0.39 is 12.6 Å². The molecule has 3 N–H and O–H groups in total. The van der Waals surface area contributed by atoms with Gasteiger partial charge in [-0.25, -0.2) is 0 Å². The van der Waals surface area contributed by atoms with E-state index in [0.29, 0.717) is 0 Å². The van der Waals surface area contributed by atoms with Crippen LogP contribution in [0.5, 0.6) is 0 Å². The molecule has 94 valence electrons. The van der Waals surface area contributed by atoms with Crippen LogP contribution in [0, 0.1) is 5.92 Å². The molecule has 0 spiro atoms. The monoisotopic (exact) mass is 238 g/mol. The first-order valence-electron chi connectivity index (χ1n) is 5.68. The van der Waals surface area contributed by atoms with Crippen LogP contribution in [0.1, 0.15) is 32.1 Å². The second-order valence-corrected chi connectivity index (χ2v) is 4.70.